The van der Waals surface area contributed by atoms with Crippen LogP contribution < -0.4 is 0 Å². The number of halogens is 1. The average molecular weight is 121 g/mol. The summed E-state index contributed by atoms with van der Waals surface area (Å²) in [7, 11) is 1.64. The molecule has 1 nitrogen and oxygen atoms in total. The first-order chi connectivity index (χ1) is 3.31. The van der Waals surface area contributed by atoms with E-state index in [1.165, 1.54) is 5.54 Å². The van der Waals surface area contributed by atoms with Crippen LogP contribution in [-0.4, -0.2) is 13.7 Å². The van der Waals surface area contributed by atoms with Gasteiger partial charge in [-0.1, -0.05) is 11.6 Å². The maximum atomic E-state index is 5.29. The Balaban J connectivity index is 3.17. The van der Waals surface area contributed by atoms with Crippen molar-refractivity contribution in [2.45, 2.75) is 6.92 Å². The largest absolute Gasteiger partial charge is 0.380 e. The summed E-state index contributed by atoms with van der Waals surface area (Å²) in [6.07, 6.45) is 0. The van der Waals surface area contributed by atoms with Crippen molar-refractivity contribution >= 4 is 11.6 Å². The van der Waals surface area contributed by atoms with Crippen LogP contribution in [0.4, 0.5) is 0 Å². The zero-order valence-corrected chi connectivity index (χ0v) is 5.33. The SMILES string of the molecule is COCC(C)=CCl. The van der Waals surface area contributed by atoms with E-state index in [0.29, 0.717) is 6.61 Å². The Morgan fingerprint density at radius 1 is 1.86 bits per heavy atom. The third-order valence-corrected chi connectivity index (χ3v) is 0.931. The molecule has 0 saturated heterocycles. The Morgan fingerprint density at radius 2 is 2.43 bits per heavy atom. The van der Waals surface area contributed by atoms with E-state index >= 15 is 0 Å². The molecular weight excluding hydrogens is 112 g/mol. The summed E-state index contributed by atoms with van der Waals surface area (Å²) < 4.78 is 4.74. The van der Waals surface area contributed by atoms with Crippen LogP contribution in [0.25, 0.3) is 0 Å². The molecule has 0 aliphatic rings. The first-order valence-corrected chi connectivity index (χ1v) is 2.49. The van der Waals surface area contributed by atoms with E-state index in [9.17, 15) is 0 Å². The van der Waals surface area contributed by atoms with Gasteiger partial charge in [-0.25, -0.2) is 0 Å². The quantitative estimate of drug-likeness (QED) is 0.540. The molecule has 7 heavy (non-hydrogen) atoms. The summed E-state index contributed by atoms with van der Waals surface area (Å²) in [4.78, 5) is 0. The molecule has 0 radical (unpaired) electrons. The predicted molar refractivity (Wildman–Crippen MR) is 31.5 cm³/mol. The van der Waals surface area contributed by atoms with Gasteiger partial charge in [0.1, 0.15) is 0 Å². The lowest BCUT2D eigenvalue weighted by Crippen LogP contribution is -1.86. The molecule has 0 unspecified atom stereocenters. The summed E-state index contributed by atoms with van der Waals surface area (Å²) in [6, 6.07) is 0. The Morgan fingerprint density at radius 3 is 2.57 bits per heavy atom. The number of ether oxygens (including phenoxy) is 1. The average Bonchev–Trinajstić information content (AvgIpc) is 1.68. The number of rotatable bonds is 2. The first-order valence-electron chi connectivity index (χ1n) is 2.06. The molecule has 0 rings (SSSR count). The minimum Gasteiger partial charge on any atom is -0.380 e. The van der Waals surface area contributed by atoms with E-state index < -0.39 is 0 Å². The fraction of sp³-hybridized carbons (Fsp3) is 0.600. The third kappa shape index (κ3) is 3.83. The van der Waals surface area contributed by atoms with Gasteiger partial charge in [0.05, 0.1) is 6.61 Å². The molecule has 0 spiro atoms. The minimum absolute atomic E-state index is 0.628. The molecule has 0 aliphatic carbocycles. The normalized spacial score (nSPS) is 12.1. The Labute approximate surface area is 48.9 Å². The van der Waals surface area contributed by atoms with Gasteiger partial charge in [0.15, 0.2) is 0 Å². The number of hydrogen-bond acceptors (Lipinski definition) is 1. The van der Waals surface area contributed by atoms with E-state index in [1.807, 2.05) is 6.92 Å². The first kappa shape index (κ1) is 6.99. The van der Waals surface area contributed by atoms with Gasteiger partial charge in [0, 0.05) is 12.6 Å². The van der Waals surface area contributed by atoms with E-state index in [1.54, 1.807) is 7.11 Å². The molecule has 0 bridgehead atoms. The topological polar surface area (TPSA) is 9.23 Å². The molecule has 0 aromatic carbocycles. The third-order valence-electron chi connectivity index (χ3n) is 0.558. The van der Waals surface area contributed by atoms with Crippen molar-refractivity contribution in [3.63, 3.8) is 0 Å². The number of hydrogen-bond donors (Lipinski definition) is 0. The van der Waals surface area contributed by atoms with Crippen LogP contribution in [0, 0.1) is 0 Å². The van der Waals surface area contributed by atoms with E-state index in [-0.39, 0.29) is 0 Å². The standard InChI is InChI=1S/C5H9ClO/c1-5(3-6)4-7-2/h3H,4H2,1-2H3. The van der Waals surface area contributed by atoms with E-state index in [2.05, 4.69) is 0 Å². The van der Waals surface area contributed by atoms with Crippen LogP contribution in [0.15, 0.2) is 11.1 Å². The molecule has 0 aromatic rings. The lowest BCUT2D eigenvalue weighted by Gasteiger charge is -1.92. The van der Waals surface area contributed by atoms with Crippen molar-refractivity contribution < 1.29 is 4.74 Å². The predicted octanol–water partition coefficient (Wildman–Crippen LogP) is 1.78. The fourth-order valence-electron chi connectivity index (χ4n) is 0.259. The fourth-order valence-corrected chi connectivity index (χ4v) is 0.322. The van der Waals surface area contributed by atoms with Crippen molar-refractivity contribution in [3.05, 3.63) is 11.1 Å². The van der Waals surface area contributed by atoms with Crippen molar-refractivity contribution in [2.24, 2.45) is 0 Å². The summed E-state index contributed by atoms with van der Waals surface area (Å²) in [6.45, 7) is 2.54. The Kier molecular flexibility index (Phi) is 4.15. The molecule has 0 fully saturated rings. The van der Waals surface area contributed by atoms with Gasteiger partial charge < -0.3 is 4.74 Å². The van der Waals surface area contributed by atoms with Gasteiger partial charge in [-0.05, 0) is 12.5 Å². The molecule has 0 heterocycles. The summed E-state index contributed by atoms with van der Waals surface area (Å²) in [5.41, 5.74) is 2.56. The smallest absolute Gasteiger partial charge is 0.0681 e. The molecule has 0 aliphatic heterocycles. The summed E-state index contributed by atoms with van der Waals surface area (Å²) in [5, 5.41) is 0. The van der Waals surface area contributed by atoms with Crippen LogP contribution in [0.2, 0.25) is 0 Å². The van der Waals surface area contributed by atoms with Crippen LogP contribution in [0.5, 0.6) is 0 Å². The summed E-state index contributed by atoms with van der Waals surface area (Å²) >= 11 is 5.29. The van der Waals surface area contributed by atoms with Gasteiger partial charge in [-0.15, -0.1) is 0 Å². The lowest BCUT2D eigenvalue weighted by atomic mass is 10.4. The maximum absolute atomic E-state index is 5.29. The second kappa shape index (κ2) is 4.16. The highest BCUT2D eigenvalue weighted by Crippen LogP contribution is 1.93. The second-order valence-corrected chi connectivity index (χ2v) is 1.61. The Bertz CT molecular complexity index is 68.5. The molecule has 0 aromatic heterocycles. The van der Waals surface area contributed by atoms with Crippen LogP contribution in [0.3, 0.4) is 0 Å². The highest BCUT2D eigenvalue weighted by molar-refractivity contribution is 6.25. The molecule has 42 valence electrons. The van der Waals surface area contributed by atoms with Crippen molar-refractivity contribution in [3.8, 4) is 0 Å². The molecular formula is C5H9ClO. The van der Waals surface area contributed by atoms with Crippen molar-refractivity contribution in [1.29, 1.82) is 0 Å². The molecule has 0 amide bonds. The van der Waals surface area contributed by atoms with Gasteiger partial charge >= 0.3 is 0 Å². The van der Waals surface area contributed by atoms with Gasteiger partial charge in [0.2, 0.25) is 0 Å². The van der Waals surface area contributed by atoms with Crippen molar-refractivity contribution in [1.82, 2.24) is 0 Å². The van der Waals surface area contributed by atoms with E-state index in [0.717, 1.165) is 5.57 Å². The van der Waals surface area contributed by atoms with Gasteiger partial charge in [0.25, 0.3) is 0 Å². The molecule has 2 heteroatoms. The highest BCUT2D eigenvalue weighted by Gasteiger charge is 1.80. The van der Waals surface area contributed by atoms with Crippen LogP contribution in [0.1, 0.15) is 6.92 Å². The zero-order chi connectivity index (χ0) is 5.70. The maximum Gasteiger partial charge on any atom is 0.0681 e. The molecule has 0 atom stereocenters. The Hall–Kier alpha value is -0.0100. The second-order valence-electron chi connectivity index (χ2n) is 1.39. The van der Waals surface area contributed by atoms with E-state index in [4.69, 9.17) is 16.3 Å². The molecule has 0 N–H and O–H groups in total. The van der Waals surface area contributed by atoms with Crippen molar-refractivity contribution in [2.75, 3.05) is 13.7 Å². The van der Waals surface area contributed by atoms with Gasteiger partial charge in [-0.2, -0.15) is 0 Å². The monoisotopic (exact) mass is 120 g/mol. The minimum atomic E-state index is 0.628. The number of methoxy groups -OCH3 is 1. The zero-order valence-electron chi connectivity index (χ0n) is 4.57. The van der Waals surface area contributed by atoms with Crippen LogP contribution >= 0.6 is 11.6 Å². The molecule has 0 saturated carbocycles. The van der Waals surface area contributed by atoms with Gasteiger partial charge in [-0.3, -0.25) is 0 Å². The highest BCUT2D eigenvalue weighted by atomic mass is 35.5. The lowest BCUT2D eigenvalue weighted by molar-refractivity contribution is 0.226. The van der Waals surface area contributed by atoms with Crippen LogP contribution in [-0.2, 0) is 4.74 Å². The summed E-state index contributed by atoms with van der Waals surface area (Å²) in [5.74, 6) is 0.